The summed E-state index contributed by atoms with van der Waals surface area (Å²) >= 11 is 0. The molecule has 2 aromatic rings. The lowest BCUT2D eigenvalue weighted by Gasteiger charge is -2.37. The van der Waals surface area contributed by atoms with Gasteiger partial charge in [0, 0.05) is 19.2 Å². The first-order valence-electron chi connectivity index (χ1n) is 9.72. The molecule has 1 heterocycles. The normalized spacial score (nSPS) is 15.3. The molecule has 7 heteroatoms. The van der Waals surface area contributed by atoms with Crippen molar-refractivity contribution in [2.45, 2.75) is 25.5 Å². The average Bonchev–Trinajstić information content (AvgIpc) is 2.78. The standard InChI is InChI=1S/C23H27NO6/c1-27-14-15-6-5-7-17(10-15)23(26)24-9-8-16-11-20(28-2)21(29-3)12-18(16)19(24)13-22(25)30-4/h5-7,10-12,19H,8-9,13-14H2,1-4H3. The van der Waals surface area contributed by atoms with Gasteiger partial charge in [0.2, 0.25) is 0 Å². The number of hydrogen-bond donors (Lipinski definition) is 0. The monoisotopic (exact) mass is 413 g/mol. The molecule has 1 unspecified atom stereocenters. The molecule has 0 spiro atoms. The lowest BCUT2D eigenvalue weighted by molar-refractivity contribution is -0.141. The molecule has 0 saturated carbocycles. The number of esters is 1. The number of hydrogen-bond acceptors (Lipinski definition) is 6. The second-order valence-corrected chi connectivity index (χ2v) is 7.08. The van der Waals surface area contributed by atoms with Crippen LogP contribution in [-0.2, 0) is 27.3 Å². The van der Waals surface area contributed by atoms with E-state index in [1.165, 1.54) is 7.11 Å². The van der Waals surface area contributed by atoms with Crippen molar-refractivity contribution in [1.82, 2.24) is 4.90 Å². The lowest BCUT2D eigenvalue weighted by Crippen LogP contribution is -2.41. The third kappa shape index (κ3) is 4.41. The van der Waals surface area contributed by atoms with E-state index in [2.05, 4.69) is 0 Å². The van der Waals surface area contributed by atoms with E-state index in [1.54, 1.807) is 32.3 Å². The molecule has 3 rings (SSSR count). The first kappa shape index (κ1) is 21.6. The van der Waals surface area contributed by atoms with Crippen LogP contribution in [0.25, 0.3) is 0 Å². The summed E-state index contributed by atoms with van der Waals surface area (Å²) < 4.78 is 20.9. The average molecular weight is 413 g/mol. The van der Waals surface area contributed by atoms with Gasteiger partial charge in [-0.15, -0.1) is 0 Å². The fraction of sp³-hybridized carbons (Fsp3) is 0.391. The number of nitrogens with zero attached hydrogens (tertiary/aromatic N) is 1. The van der Waals surface area contributed by atoms with Crippen LogP contribution in [0.15, 0.2) is 36.4 Å². The molecule has 0 aliphatic carbocycles. The fourth-order valence-electron chi connectivity index (χ4n) is 3.86. The number of carbonyl (C=O) groups excluding carboxylic acids is 2. The van der Waals surface area contributed by atoms with Crippen molar-refractivity contribution in [2.24, 2.45) is 0 Å². The molecule has 0 radical (unpaired) electrons. The first-order valence-corrected chi connectivity index (χ1v) is 9.72. The van der Waals surface area contributed by atoms with Gasteiger partial charge in [0.25, 0.3) is 5.91 Å². The van der Waals surface area contributed by atoms with Gasteiger partial charge >= 0.3 is 5.97 Å². The molecule has 0 aromatic heterocycles. The van der Waals surface area contributed by atoms with Crippen LogP contribution in [0.5, 0.6) is 11.5 Å². The van der Waals surface area contributed by atoms with E-state index < -0.39 is 6.04 Å². The van der Waals surface area contributed by atoms with Gasteiger partial charge in [-0.3, -0.25) is 9.59 Å². The van der Waals surface area contributed by atoms with Gasteiger partial charge in [0.15, 0.2) is 11.5 Å². The maximum Gasteiger partial charge on any atom is 0.307 e. The van der Waals surface area contributed by atoms with Crippen molar-refractivity contribution in [2.75, 3.05) is 35.0 Å². The third-order valence-electron chi connectivity index (χ3n) is 5.34. The Hall–Kier alpha value is -3.06. The molecule has 1 atom stereocenters. The highest BCUT2D eigenvalue weighted by atomic mass is 16.5. The fourth-order valence-corrected chi connectivity index (χ4v) is 3.86. The molecule has 1 amide bonds. The first-order chi connectivity index (χ1) is 14.5. The van der Waals surface area contributed by atoms with Crippen molar-refractivity contribution >= 4 is 11.9 Å². The van der Waals surface area contributed by atoms with Gasteiger partial charge in [0.1, 0.15) is 0 Å². The summed E-state index contributed by atoms with van der Waals surface area (Å²) in [6.07, 6.45) is 0.708. The molecule has 0 fully saturated rings. The molecule has 160 valence electrons. The minimum atomic E-state index is -0.459. The second kappa shape index (κ2) is 9.63. The number of rotatable bonds is 7. The van der Waals surface area contributed by atoms with E-state index in [-0.39, 0.29) is 18.3 Å². The number of amides is 1. The highest BCUT2D eigenvalue weighted by Gasteiger charge is 2.34. The molecule has 0 N–H and O–H groups in total. The zero-order valence-electron chi connectivity index (χ0n) is 17.8. The van der Waals surface area contributed by atoms with E-state index >= 15 is 0 Å². The van der Waals surface area contributed by atoms with E-state index in [1.807, 2.05) is 30.3 Å². The zero-order chi connectivity index (χ0) is 21.7. The zero-order valence-corrected chi connectivity index (χ0v) is 17.8. The molecule has 0 saturated heterocycles. The second-order valence-electron chi connectivity index (χ2n) is 7.08. The molecule has 0 bridgehead atoms. The summed E-state index contributed by atoms with van der Waals surface area (Å²) in [5.74, 6) is 0.665. The van der Waals surface area contributed by atoms with Gasteiger partial charge < -0.3 is 23.8 Å². The van der Waals surface area contributed by atoms with Crippen LogP contribution in [0, 0.1) is 0 Å². The largest absolute Gasteiger partial charge is 0.493 e. The van der Waals surface area contributed by atoms with E-state index in [0.717, 1.165) is 16.7 Å². The van der Waals surface area contributed by atoms with Crippen LogP contribution in [0.1, 0.15) is 39.5 Å². The Morgan fingerprint density at radius 3 is 2.43 bits per heavy atom. The Balaban J connectivity index is 2.01. The van der Waals surface area contributed by atoms with E-state index in [4.69, 9.17) is 18.9 Å². The van der Waals surface area contributed by atoms with Gasteiger partial charge in [-0.25, -0.2) is 0 Å². The van der Waals surface area contributed by atoms with Crippen LogP contribution < -0.4 is 9.47 Å². The molecular formula is C23H27NO6. The van der Waals surface area contributed by atoms with Crippen LogP contribution in [0.3, 0.4) is 0 Å². The summed E-state index contributed by atoms with van der Waals surface area (Å²) in [7, 11) is 6.11. The predicted molar refractivity (Wildman–Crippen MR) is 111 cm³/mol. The Morgan fingerprint density at radius 2 is 1.77 bits per heavy atom. The van der Waals surface area contributed by atoms with Crippen molar-refractivity contribution < 1.29 is 28.5 Å². The highest BCUT2D eigenvalue weighted by Crippen LogP contribution is 2.40. The van der Waals surface area contributed by atoms with Gasteiger partial charge in [-0.1, -0.05) is 12.1 Å². The number of ether oxygens (including phenoxy) is 4. The lowest BCUT2D eigenvalue weighted by atomic mass is 9.89. The topological polar surface area (TPSA) is 74.3 Å². The Labute approximate surface area is 176 Å². The van der Waals surface area contributed by atoms with Crippen LogP contribution in [-0.4, -0.2) is 51.8 Å². The predicted octanol–water partition coefficient (Wildman–Crippen LogP) is 3.15. The van der Waals surface area contributed by atoms with Gasteiger partial charge in [0.05, 0.1) is 40.4 Å². The summed E-state index contributed by atoms with van der Waals surface area (Å²) in [6, 6.07) is 10.7. The summed E-state index contributed by atoms with van der Waals surface area (Å²) in [4.78, 5) is 27.3. The van der Waals surface area contributed by atoms with Crippen LogP contribution in [0.2, 0.25) is 0 Å². The summed E-state index contributed by atoms with van der Waals surface area (Å²) in [5.41, 5.74) is 3.37. The molecule has 7 nitrogen and oxygen atoms in total. The molecule has 2 aromatic carbocycles. The number of methoxy groups -OCH3 is 4. The smallest absolute Gasteiger partial charge is 0.307 e. The molecule has 1 aliphatic rings. The van der Waals surface area contributed by atoms with Crippen LogP contribution in [0.4, 0.5) is 0 Å². The Morgan fingerprint density at radius 1 is 1.03 bits per heavy atom. The SMILES string of the molecule is COCc1cccc(C(=O)N2CCc3cc(OC)c(OC)cc3C2CC(=O)OC)c1. The quantitative estimate of drug-likeness (QED) is 0.649. The van der Waals surface area contributed by atoms with Crippen molar-refractivity contribution in [3.63, 3.8) is 0 Å². The highest BCUT2D eigenvalue weighted by molar-refractivity contribution is 5.95. The summed E-state index contributed by atoms with van der Waals surface area (Å²) in [5, 5.41) is 0. The van der Waals surface area contributed by atoms with Gasteiger partial charge in [-0.05, 0) is 47.4 Å². The Bertz CT molecular complexity index is 926. The molecule has 30 heavy (non-hydrogen) atoms. The number of benzene rings is 2. The van der Waals surface area contributed by atoms with Crippen LogP contribution >= 0.6 is 0 Å². The number of carbonyl (C=O) groups is 2. The van der Waals surface area contributed by atoms with E-state index in [0.29, 0.717) is 36.6 Å². The maximum atomic E-state index is 13.4. The Kier molecular flexibility index (Phi) is 6.95. The van der Waals surface area contributed by atoms with E-state index in [9.17, 15) is 9.59 Å². The van der Waals surface area contributed by atoms with Crippen molar-refractivity contribution in [1.29, 1.82) is 0 Å². The number of fused-ring (bicyclic) bond motifs is 1. The molecule has 1 aliphatic heterocycles. The maximum absolute atomic E-state index is 13.4. The minimum Gasteiger partial charge on any atom is -0.493 e. The summed E-state index contributed by atoms with van der Waals surface area (Å²) in [6.45, 7) is 0.907. The third-order valence-corrected chi connectivity index (χ3v) is 5.34. The molecular weight excluding hydrogens is 386 g/mol. The van der Waals surface area contributed by atoms with Crippen molar-refractivity contribution in [3.05, 3.63) is 58.7 Å². The van der Waals surface area contributed by atoms with Crippen molar-refractivity contribution in [3.8, 4) is 11.5 Å². The van der Waals surface area contributed by atoms with Gasteiger partial charge in [-0.2, -0.15) is 0 Å². The minimum absolute atomic E-state index is 0.0580.